The first-order valence-corrected chi connectivity index (χ1v) is 14.8. The van der Waals surface area contributed by atoms with Gasteiger partial charge >= 0.3 is 87.3 Å². The summed E-state index contributed by atoms with van der Waals surface area (Å²) in [6, 6.07) is 8.36. The van der Waals surface area contributed by atoms with E-state index in [2.05, 4.69) is 2.14 Å². The zero-order chi connectivity index (χ0) is 9.90. The molecule has 1 aromatic rings. The number of rotatable bonds is 2. The van der Waals surface area contributed by atoms with Gasteiger partial charge in [-0.05, 0) is 0 Å². The molecule has 0 aliphatic heterocycles. The summed E-state index contributed by atoms with van der Waals surface area (Å²) < 4.78 is 30.8. The SMILES string of the molecule is [CH3][Pb]([CH3])=[N]S(=O)(=O)c1ccccc1. The number of benzene rings is 1. The van der Waals surface area contributed by atoms with E-state index >= 15 is 0 Å². The van der Waals surface area contributed by atoms with Crippen LogP contribution < -0.4 is 0 Å². The fourth-order valence-electron chi connectivity index (χ4n) is 0.886. The van der Waals surface area contributed by atoms with Crippen molar-refractivity contribution < 1.29 is 8.42 Å². The molecule has 0 aliphatic carbocycles. The molecule has 0 heterocycles. The number of nitrogens with zero attached hydrogens (tertiary/aromatic N) is 1. The van der Waals surface area contributed by atoms with Crippen molar-refractivity contribution in [3.8, 4) is 0 Å². The van der Waals surface area contributed by atoms with Crippen LogP contribution in [0.1, 0.15) is 0 Å². The predicted molar refractivity (Wildman–Crippen MR) is 53.5 cm³/mol. The van der Waals surface area contributed by atoms with Gasteiger partial charge in [0.15, 0.2) is 0 Å². The predicted octanol–water partition coefficient (Wildman–Crippen LogP) is 1.90. The molecule has 0 saturated carbocycles. The molecule has 0 fully saturated rings. The van der Waals surface area contributed by atoms with Crippen LogP contribution in [0.25, 0.3) is 0 Å². The third kappa shape index (κ3) is 3.26. The zero-order valence-corrected chi connectivity index (χ0v) is 12.3. The second-order valence-electron chi connectivity index (χ2n) is 2.83. The molecule has 0 atom stereocenters. The number of hydrogen-bond donors (Lipinski definition) is 0. The Morgan fingerprint density at radius 2 is 1.69 bits per heavy atom. The molecule has 1 rings (SSSR count). The van der Waals surface area contributed by atoms with Gasteiger partial charge in [-0.3, -0.25) is 0 Å². The van der Waals surface area contributed by atoms with Crippen LogP contribution in [-0.4, -0.2) is 31.0 Å². The third-order valence-electron chi connectivity index (χ3n) is 1.34. The molecule has 70 valence electrons. The van der Waals surface area contributed by atoms with Crippen LogP contribution >= 0.6 is 0 Å². The van der Waals surface area contributed by atoms with E-state index in [1.54, 1.807) is 30.3 Å². The number of hydrogen-bond acceptors (Lipinski definition) is 2. The van der Waals surface area contributed by atoms with Crippen LogP contribution in [0.15, 0.2) is 37.4 Å². The first kappa shape index (κ1) is 11.0. The molecule has 0 amide bonds. The van der Waals surface area contributed by atoms with Crippen molar-refractivity contribution in [2.75, 3.05) is 0 Å². The first-order valence-electron chi connectivity index (χ1n) is 3.85. The summed E-state index contributed by atoms with van der Waals surface area (Å²) in [5, 5.41) is 0. The maximum absolute atomic E-state index is 11.5. The summed E-state index contributed by atoms with van der Waals surface area (Å²) in [6.45, 7) is 0. The van der Waals surface area contributed by atoms with E-state index in [-0.39, 0.29) is 0 Å². The number of sulfonamides is 1. The molecular formula is C8H11NO2PbS. The van der Waals surface area contributed by atoms with Gasteiger partial charge in [-0.15, -0.1) is 0 Å². The Morgan fingerprint density at radius 3 is 2.15 bits per heavy atom. The fraction of sp³-hybridized carbons (Fsp3) is 0.250. The van der Waals surface area contributed by atoms with Crippen molar-refractivity contribution in [2.45, 2.75) is 13.9 Å². The quantitative estimate of drug-likeness (QED) is 0.722. The normalized spacial score (nSPS) is 10.9. The Labute approximate surface area is 86.9 Å². The Balaban J connectivity index is 3.18. The standard InChI is InChI=1S/C6H5NO2S.2CH3.Pb/c7-10(8,9)6-4-2-1-3-5-6;;;/h1-5H;2*1H3;. The van der Waals surface area contributed by atoms with E-state index in [9.17, 15) is 8.42 Å². The van der Waals surface area contributed by atoms with E-state index in [4.69, 9.17) is 0 Å². The van der Waals surface area contributed by atoms with Gasteiger partial charge in [0, 0.05) is 0 Å². The van der Waals surface area contributed by atoms with Crippen molar-refractivity contribution in [1.82, 2.24) is 0 Å². The molecule has 0 bridgehead atoms. The van der Waals surface area contributed by atoms with Gasteiger partial charge in [0.1, 0.15) is 0 Å². The Bertz CT molecular complexity index is 407. The van der Waals surface area contributed by atoms with Gasteiger partial charge in [-0.2, -0.15) is 0 Å². The van der Waals surface area contributed by atoms with E-state index < -0.39 is 32.6 Å². The summed E-state index contributed by atoms with van der Waals surface area (Å²) in [4.78, 5) is 0.307. The monoisotopic (exact) mass is 393 g/mol. The Kier molecular flexibility index (Phi) is 3.72. The van der Waals surface area contributed by atoms with E-state index in [1.165, 1.54) is 0 Å². The summed E-state index contributed by atoms with van der Waals surface area (Å²) in [5.41, 5.74) is 0. The summed E-state index contributed by atoms with van der Waals surface area (Å²) in [7, 11) is -3.34. The van der Waals surface area contributed by atoms with E-state index in [1.807, 2.05) is 8.97 Å². The minimum atomic E-state index is -3.34. The van der Waals surface area contributed by atoms with Crippen molar-refractivity contribution in [2.24, 2.45) is 2.14 Å². The summed E-state index contributed by atoms with van der Waals surface area (Å²) in [5.74, 6) is 0. The summed E-state index contributed by atoms with van der Waals surface area (Å²) in [6.07, 6.45) is 0. The zero-order valence-electron chi connectivity index (χ0n) is 7.56. The van der Waals surface area contributed by atoms with Gasteiger partial charge in [0.05, 0.1) is 0 Å². The Hall–Kier alpha value is -0.108. The van der Waals surface area contributed by atoms with Gasteiger partial charge in [0.2, 0.25) is 0 Å². The van der Waals surface area contributed by atoms with Crippen LogP contribution in [0, 0.1) is 0 Å². The van der Waals surface area contributed by atoms with Crippen molar-refractivity contribution in [3.05, 3.63) is 30.3 Å². The molecular weight excluding hydrogens is 381 g/mol. The second-order valence-corrected chi connectivity index (χ2v) is 13.9. The van der Waals surface area contributed by atoms with Gasteiger partial charge in [-0.1, -0.05) is 0 Å². The Morgan fingerprint density at radius 1 is 1.15 bits per heavy atom. The van der Waals surface area contributed by atoms with Crippen molar-refractivity contribution in [1.29, 1.82) is 0 Å². The molecule has 0 spiro atoms. The topological polar surface area (TPSA) is 46.5 Å². The molecule has 5 heteroatoms. The van der Waals surface area contributed by atoms with Crippen LogP contribution in [0.2, 0.25) is 8.97 Å². The minimum absolute atomic E-state index is 0.307. The van der Waals surface area contributed by atoms with E-state index in [0.29, 0.717) is 4.90 Å². The molecule has 0 radical (unpaired) electrons. The second kappa shape index (κ2) is 4.41. The van der Waals surface area contributed by atoms with Crippen LogP contribution in [0.3, 0.4) is 0 Å². The molecule has 3 nitrogen and oxygen atoms in total. The van der Waals surface area contributed by atoms with Crippen LogP contribution in [0.4, 0.5) is 0 Å². The molecule has 0 saturated heterocycles. The molecule has 1 aromatic carbocycles. The van der Waals surface area contributed by atoms with E-state index in [0.717, 1.165) is 0 Å². The molecule has 0 unspecified atom stereocenters. The molecule has 0 aliphatic rings. The van der Waals surface area contributed by atoms with Crippen LogP contribution in [0.5, 0.6) is 0 Å². The van der Waals surface area contributed by atoms with Crippen molar-refractivity contribution in [3.63, 3.8) is 0 Å². The third-order valence-corrected chi connectivity index (χ3v) is 9.88. The average Bonchev–Trinajstić information content (AvgIpc) is 2.04. The van der Waals surface area contributed by atoms with Gasteiger partial charge in [-0.25, -0.2) is 0 Å². The molecule has 0 N–H and O–H groups in total. The van der Waals surface area contributed by atoms with Gasteiger partial charge < -0.3 is 0 Å². The summed E-state index contributed by atoms with van der Waals surface area (Å²) >= 11 is -2.08. The molecule has 0 aromatic heterocycles. The molecule has 13 heavy (non-hydrogen) atoms. The fourth-order valence-corrected chi connectivity index (χ4v) is 8.81. The van der Waals surface area contributed by atoms with Crippen LogP contribution in [-0.2, 0) is 10.0 Å². The average molecular weight is 392 g/mol. The first-order chi connectivity index (χ1) is 6.02. The maximum atomic E-state index is 11.5. The van der Waals surface area contributed by atoms with Crippen molar-refractivity contribution >= 4 is 32.6 Å². The van der Waals surface area contributed by atoms with Gasteiger partial charge in [0.25, 0.3) is 0 Å².